The molecule has 2 heterocycles. The van der Waals surface area contributed by atoms with E-state index in [4.69, 9.17) is 9.72 Å². The number of fused-ring (bicyclic) bond motifs is 3. The first-order valence-electron chi connectivity index (χ1n) is 9.57. The van der Waals surface area contributed by atoms with E-state index in [9.17, 15) is 4.79 Å². The number of anilines is 1. The number of nitrogens with one attached hydrogen (secondary N) is 2. The highest BCUT2D eigenvalue weighted by Crippen LogP contribution is 2.22. The summed E-state index contributed by atoms with van der Waals surface area (Å²) in [5.74, 6) is 1.55. The molecule has 0 spiro atoms. The standard InChI is InChI=1S/C20H28N6O2/c1-13-8-9-15-16(12-13)26-14(2)24-25-18(26)17(23-15)21-10-6-7-11-22-19(27)28-20(3,4)5/h8-9,12H,6-7,10-11H2,1-5H3,(H,21,23)(H,22,27). The van der Waals surface area contributed by atoms with Crippen molar-refractivity contribution < 1.29 is 9.53 Å². The van der Waals surface area contributed by atoms with Gasteiger partial charge in [-0.1, -0.05) is 6.07 Å². The molecule has 0 atom stereocenters. The minimum absolute atomic E-state index is 0.382. The Hall–Kier alpha value is -2.90. The first-order chi connectivity index (χ1) is 13.2. The van der Waals surface area contributed by atoms with Crippen molar-refractivity contribution in [1.82, 2.24) is 24.9 Å². The van der Waals surface area contributed by atoms with Crippen LogP contribution < -0.4 is 10.6 Å². The van der Waals surface area contributed by atoms with E-state index in [2.05, 4.69) is 33.8 Å². The van der Waals surface area contributed by atoms with Crippen molar-refractivity contribution >= 4 is 28.6 Å². The molecular formula is C20H28N6O2. The van der Waals surface area contributed by atoms with E-state index in [1.54, 1.807) is 0 Å². The summed E-state index contributed by atoms with van der Waals surface area (Å²) < 4.78 is 7.25. The zero-order valence-corrected chi connectivity index (χ0v) is 17.2. The Morgan fingerprint density at radius 3 is 2.64 bits per heavy atom. The largest absolute Gasteiger partial charge is 0.444 e. The third-order valence-corrected chi connectivity index (χ3v) is 4.20. The molecule has 3 rings (SSSR count). The number of aryl methyl sites for hydroxylation is 2. The van der Waals surface area contributed by atoms with Gasteiger partial charge in [0, 0.05) is 13.1 Å². The number of carbonyl (C=O) groups is 1. The van der Waals surface area contributed by atoms with E-state index in [-0.39, 0.29) is 6.09 Å². The van der Waals surface area contributed by atoms with Gasteiger partial charge in [-0.05, 0) is 65.2 Å². The Labute approximate surface area is 164 Å². The van der Waals surface area contributed by atoms with Gasteiger partial charge >= 0.3 is 6.09 Å². The van der Waals surface area contributed by atoms with Gasteiger partial charge in [-0.15, -0.1) is 10.2 Å². The second-order valence-corrected chi connectivity index (χ2v) is 7.92. The summed E-state index contributed by atoms with van der Waals surface area (Å²) in [7, 11) is 0. The maximum Gasteiger partial charge on any atom is 0.407 e. The Balaban J connectivity index is 1.59. The molecule has 1 amide bonds. The zero-order valence-electron chi connectivity index (χ0n) is 17.2. The number of aromatic nitrogens is 4. The minimum Gasteiger partial charge on any atom is -0.444 e. The van der Waals surface area contributed by atoms with Gasteiger partial charge < -0.3 is 15.4 Å². The van der Waals surface area contributed by atoms with Crippen LogP contribution in [0.1, 0.15) is 45.0 Å². The molecule has 8 nitrogen and oxygen atoms in total. The van der Waals surface area contributed by atoms with Crippen molar-refractivity contribution in [3.8, 4) is 0 Å². The van der Waals surface area contributed by atoms with Crippen LogP contribution in [-0.4, -0.2) is 44.4 Å². The highest BCUT2D eigenvalue weighted by atomic mass is 16.6. The van der Waals surface area contributed by atoms with E-state index in [0.29, 0.717) is 6.54 Å². The Bertz CT molecular complexity index is 990. The number of nitrogens with zero attached hydrogens (tertiary/aromatic N) is 4. The number of hydrogen-bond donors (Lipinski definition) is 2. The number of rotatable bonds is 6. The molecule has 1 aromatic carbocycles. The molecule has 0 saturated carbocycles. The van der Waals surface area contributed by atoms with Gasteiger partial charge in [-0.2, -0.15) is 0 Å². The number of hydrogen-bond acceptors (Lipinski definition) is 6. The molecule has 3 aromatic rings. The molecule has 2 aromatic heterocycles. The van der Waals surface area contributed by atoms with E-state index in [1.807, 2.05) is 44.2 Å². The number of ether oxygens (including phenoxy) is 1. The lowest BCUT2D eigenvalue weighted by Crippen LogP contribution is -2.33. The monoisotopic (exact) mass is 384 g/mol. The van der Waals surface area contributed by atoms with Gasteiger partial charge in [0.25, 0.3) is 0 Å². The van der Waals surface area contributed by atoms with Crippen molar-refractivity contribution in [3.63, 3.8) is 0 Å². The first-order valence-corrected chi connectivity index (χ1v) is 9.57. The topological polar surface area (TPSA) is 93.4 Å². The number of amides is 1. The van der Waals surface area contributed by atoms with Gasteiger partial charge in [0.1, 0.15) is 11.4 Å². The van der Waals surface area contributed by atoms with E-state index >= 15 is 0 Å². The van der Waals surface area contributed by atoms with Gasteiger partial charge in [0.2, 0.25) is 5.65 Å². The lowest BCUT2D eigenvalue weighted by Gasteiger charge is -2.19. The molecule has 2 N–H and O–H groups in total. The molecule has 8 heteroatoms. The van der Waals surface area contributed by atoms with Gasteiger partial charge in [0.15, 0.2) is 5.82 Å². The lowest BCUT2D eigenvalue weighted by atomic mass is 10.2. The molecule has 0 aliphatic heterocycles. The van der Waals surface area contributed by atoms with Crippen molar-refractivity contribution in [3.05, 3.63) is 29.6 Å². The zero-order chi connectivity index (χ0) is 20.3. The molecule has 0 saturated heterocycles. The van der Waals surface area contributed by atoms with Crippen LogP contribution in [0.3, 0.4) is 0 Å². The SMILES string of the molecule is Cc1ccc2nc(NCCCCNC(=O)OC(C)(C)C)c3nnc(C)n3c2c1. The summed E-state index contributed by atoms with van der Waals surface area (Å²) in [6.07, 6.45) is 1.33. The average Bonchev–Trinajstić information content (AvgIpc) is 2.99. The molecule has 150 valence electrons. The summed E-state index contributed by atoms with van der Waals surface area (Å²) >= 11 is 0. The molecule has 0 unspecified atom stereocenters. The van der Waals surface area contributed by atoms with Crippen LogP contribution in [0, 0.1) is 13.8 Å². The molecule has 0 fully saturated rings. The number of alkyl carbamates (subject to hydrolysis) is 1. The Kier molecular flexibility index (Phi) is 5.67. The van der Waals surface area contributed by atoms with E-state index < -0.39 is 5.60 Å². The average molecular weight is 384 g/mol. The minimum atomic E-state index is -0.478. The number of carbonyl (C=O) groups excluding carboxylic acids is 1. The van der Waals surface area contributed by atoms with Crippen molar-refractivity contribution in [2.24, 2.45) is 0 Å². The summed E-state index contributed by atoms with van der Waals surface area (Å²) in [6.45, 7) is 10.8. The highest BCUT2D eigenvalue weighted by Gasteiger charge is 2.15. The van der Waals surface area contributed by atoms with Crippen LogP contribution in [0.5, 0.6) is 0 Å². The van der Waals surface area contributed by atoms with Crippen LogP contribution in [0.15, 0.2) is 18.2 Å². The molecule has 0 radical (unpaired) electrons. The molecule has 0 bridgehead atoms. The van der Waals surface area contributed by atoms with E-state index in [1.165, 1.54) is 5.56 Å². The van der Waals surface area contributed by atoms with E-state index in [0.717, 1.165) is 47.7 Å². The fourth-order valence-electron chi connectivity index (χ4n) is 2.96. The number of unbranched alkanes of at least 4 members (excludes halogenated alkanes) is 1. The quantitative estimate of drug-likeness (QED) is 0.631. The van der Waals surface area contributed by atoms with Gasteiger partial charge in [-0.25, -0.2) is 9.78 Å². The summed E-state index contributed by atoms with van der Waals surface area (Å²) in [5, 5.41) is 14.6. The van der Waals surface area contributed by atoms with Crippen molar-refractivity contribution in [2.75, 3.05) is 18.4 Å². The normalized spacial score (nSPS) is 11.8. The third kappa shape index (κ3) is 4.68. The second kappa shape index (κ2) is 8.00. The maximum atomic E-state index is 11.6. The summed E-state index contributed by atoms with van der Waals surface area (Å²) in [5.41, 5.74) is 3.32. The predicted octanol–water partition coefficient (Wildman–Crippen LogP) is 3.61. The fourth-order valence-corrected chi connectivity index (χ4v) is 2.96. The van der Waals surface area contributed by atoms with Crippen molar-refractivity contribution in [1.29, 1.82) is 0 Å². The van der Waals surface area contributed by atoms with Crippen LogP contribution in [-0.2, 0) is 4.74 Å². The second-order valence-electron chi connectivity index (χ2n) is 7.92. The predicted molar refractivity (Wildman–Crippen MR) is 110 cm³/mol. The molecule has 0 aliphatic carbocycles. The Morgan fingerprint density at radius 1 is 1.14 bits per heavy atom. The molecular weight excluding hydrogens is 356 g/mol. The van der Waals surface area contributed by atoms with Gasteiger partial charge in [-0.3, -0.25) is 4.40 Å². The van der Waals surface area contributed by atoms with Crippen LogP contribution in [0.25, 0.3) is 16.7 Å². The van der Waals surface area contributed by atoms with Crippen LogP contribution in [0.4, 0.5) is 10.6 Å². The van der Waals surface area contributed by atoms with Crippen molar-refractivity contribution in [2.45, 2.75) is 53.1 Å². The molecule has 0 aliphatic rings. The van der Waals surface area contributed by atoms with Crippen LogP contribution in [0.2, 0.25) is 0 Å². The third-order valence-electron chi connectivity index (χ3n) is 4.20. The summed E-state index contributed by atoms with van der Waals surface area (Å²) in [4.78, 5) is 16.4. The smallest absolute Gasteiger partial charge is 0.407 e. The molecule has 28 heavy (non-hydrogen) atoms. The fraction of sp³-hybridized carbons (Fsp3) is 0.500. The first kappa shape index (κ1) is 19.9. The van der Waals surface area contributed by atoms with Crippen LogP contribution >= 0.6 is 0 Å². The maximum absolute atomic E-state index is 11.6. The lowest BCUT2D eigenvalue weighted by molar-refractivity contribution is 0.0527. The van der Waals surface area contributed by atoms with Gasteiger partial charge in [0.05, 0.1) is 11.0 Å². The summed E-state index contributed by atoms with van der Waals surface area (Å²) in [6, 6.07) is 6.16. The Morgan fingerprint density at radius 2 is 1.89 bits per heavy atom. The number of benzene rings is 1. The highest BCUT2D eigenvalue weighted by molar-refractivity contribution is 5.83.